The van der Waals surface area contributed by atoms with Gasteiger partial charge in [0.15, 0.2) is 0 Å². The van der Waals surface area contributed by atoms with E-state index < -0.39 is 0 Å². The van der Waals surface area contributed by atoms with E-state index in [1.807, 2.05) is 13.8 Å². The predicted octanol–water partition coefficient (Wildman–Crippen LogP) is 1.23. The Morgan fingerprint density at radius 2 is 2.15 bits per heavy atom. The Morgan fingerprint density at radius 1 is 1.54 bits per heavy atom. The average molecular weight is 186 g/mol. The second kappa shape index (κ2) is 6.89. The van der Waals surface area contributed by atoms with Gasteiger partial charge in [0.05, 0.1) is 5.92 Å². The summed E-state index contributed by atoms with van der Waals surface area (Å²) >= 11 is 0. The van der Waals surface area contributed by atoms with Crippen LogP contribution in [0.2, 0.25) is 0 Å². The number of hydrogen-bond acceptors (Lipinski definition) is 2. The first-order chi connectivity index (χ1) is 6.24. The second-order valence-corrected chi connectivity index (χ2v) is 3.13. The van der Waals surface area contributed by atoms with Crippen LogP contribution in [0.5, 0.6) is 0 Å². The number of carbonyl (C=O) groups is 1. The SMILES string of the molecule is CC.CCN1CCCC(C(N)=O)C1. The maximum atomic E-state index is 10.8. The minimum Gasteiger partial charge on any atom is -0.369 e. The summed E-state index contributed by atoms with van der Waals surface area (Å²) in [5.74, 6) is -0.0353. The van der Waals surface area contributed by atoms with Crippen LogP contribution in [0.25, 0.3) is 0 Å². The van der Waals surface area contributed by atoms with E-state index in [0.29, 0.717) is 0 Å². The van der Waals surface area contributed by atoms with Gasteiger partial charge in [0.1, 0.15) is 0 Å². The van der Waals surface area contributed by atoms with Crippen molar-refractivity contribution >= 4 is 5.91 Å². The summed E-state index contributed by atoms with van der Waals surface area (Å²) in [6.07, 6.45) is 2.09. The van der Waals surface area contributed by atoms with Crippen molar-refractivity contribution in [2.45, 2.75) is 33.6 Å². The zero-order chi connectivity index (χ0) is 10.3. The molecular formula is C10H22N2O. The van der Waals surface area contributed by atoms with Crippen LogP contribution in [0.4, 0.5) is 0 Å². The van der Waals surface area contributed by atoms with Crippen LogP contribution < -0.4 is 5.73 Å². The molecule has 0 aromatic heterocycles. The zero-order valence-corrected chi connectivity index (χ0v) is 9.05. The number of carbonyl (C=O) groups excluding carboxylic acids is 1. The van der Waals surface area contributed by atoms with Gasteiger partial charge in [-0.2, -0.15) is 0 Å². The molecule has 78 valence electrons. The number of rotatable bonds is 2. The highest BCUT2D eigenvalue weighted by atomic mass is 16.1. The molecule has 0 aliphatic carbocycles. The Morgan fingerprint density at radius 3 is 2.62 bits per heavy atom. The number of amides is 1. The normalized spacial score (nSPS) is 23.2. The molecule has 1 heterocycles. The Bertz CT molecular complexity index is 148. The largest absolute Gasteiger partial charge is 0.369 e. The highest BCUT2D eigenvalue weighted by Gasteiger charge is 2.22. The Labute approximate surface area is 81.3 Å². The Hall–Kier alpha value is -0.570. The van der Waals surface area contributed by atoms with E-state index in [-0.39, 0.29) is 11.8 Å². The van der Waals surface area contributed by atoms with Crippen molar-refractivity contribution in [3.63, 3.8) is 0 Å². The summed E-state index contributed by atoms with van der Waals surface area (Å²) in [7, 11) is 0. The summed E-state index contributed by atoms with van der Waals surface area (Å²) in [5, 5.41) is 0. The summed E-state index contributed by atoms with van der Waals surface area (Å²) < 4.78 is 0. The zero-order valence-electron chi connectivity index (χ0n) is 9.05. The molecule has 1 unspecified atom stereocenters. The van der Waals surface area contributed by atoms with Gasteiger partial charge in [-0.3, -0.25) is 4.79 Å². The van der Waals surface area contributed by atoms with Crippen LogP contribution >= 0.6 is 0 Å². The monoisotopic (exact) mass is 186 g/mol. The van der Waals surface area contributed by atoms with Crippen molar-refractivity contribution in [1.82, 2.24) is 4.90 Å². The molecule has 0 aromatic rings. The summed E-state index contributed by atoms with van der Waals surface area (Å²) in [6, 6.07) is 0. The van der Waals surface area contributed by atoms with Gasteiger partial charge >= 0.3 is 0 Å². The van der Waals surface area contributed by atoms with Gasteiger partial charge in [-0.1, -0.05) is 20.8 Å². The van der Waals surface area contributed by atoms with E-state index in [2.05, 4.69) is 11.8 Å². The van der Waals surface area contributed by atoms with E-state index in [1.54, 1.807) is 0 Å². The number of nitrogens with zero attached hydrogens (tertiary/aromatic N) is 1. The summed E-state index contributed by atoms with van der Waals surface area (Å²) in [4.78, 5) is 13.1. The summed E-state index contributed by atoms with van der Waals surface area (Å²) in [6.45, 7) is 9.14. The molecule has 0 spiro atoms. The van der Waals surface area contributed by atoms with Crippen LogP contribution in [-0.4, -0.2) is 30.4 Å². The Balaban J connectivity index is 0.000000671. The molecule has 0 saturated carbocycles. The Kier molecular flexibility index (Phi) is 6.59. The first-order valence-electron chi connectivity index (χ1n) is 5.25. The maximum Gasteiger partial charge on any atom is 0.221 e. The number of piperidine rings is 1. The van der Waals surface area contributed by atoms with Gasteiger partial charge in [-0.25, -0.2) is 0 Å². The lowest BCUT2D eigenvalue weighted by molar-refractivity contribution is -0.123. The fourth-order valence-electron chi connectivity index (χ4n) is 1.57. The molecule has 1 aliphatic heterocycles. The van der Waals surface area contributed by atoms with E-state index in [1.165, 1.54) is 0 Å². The number of primary amides is 1. The second-order valence-electron chi connectivity index (χ2n) is 3.13. The van der Waals surface area contributed by atoms with Crippen molar-refractivity contribution in [2.75, 3.05) is 19.6 Å². The topological polar surface area (TPSA) is 46.3 Å². The molecule has 0 aromatic carbocycles. The number of likely N-dealkylation sites (tertiary alicyclic amines) is 1. The van der Waals surface area contributed by atoms with Gasteiger partial charge in [0, 0.05) is 6.54 Å². The lowest BCUT2D eigenvalue weighted by atomic mass is 9.98. The molecule has 1 amide bonds. The lowest BCUT2D eigenvalue weighted by Gasteiger charge is -2.29. The predicted molar refractivity (Wildman–Crippen MR) is 55.4 cm³/mol. The molecule has 0 radical (unpaired) electrons. The fourth-order valence-corrected chi connectivity index (χ4v) is 1.57. The molecule has 2 N–H and O–H groups in total. The third kappa shape index (κ3) is 4.27. The number of nitrogens with two attached hydrogens (primary N) is 1. The molecule has 1 atom stereocenters. The molecule has 1 saturated heterocycles. The standard InChI is InChI=1S/C8H16N2O.C2H6/c1-2-10-5-3-4-7(6-10)8(9)11;1-2/h7H,2-6H2,1H3,(H2,9,11);1-2H3. The van der Waals surface area contributed by atoms with Gasteiger partial charge in [0.25, 0.3) is 0 Å². The molecule has 3 nitrogen and oxygen atoms in total. The van der Waals surface area contributed by atoms with Crippen LogP contribution in [0.15, 0.2) is 0 Å². The van der Waals surface area contributed by atoms with Gasteiger partial charge in [-0.05, 0) is 25.9 Å². The van der Waals surface area contributed by atoms with Gasteiger partial charge in [0.2, 0.25) is 5.91 Å². The van der Waals surface area contributed by atoms with Crippen LogP contribution in [0.3, 0.4) is 0 Å². The van der Waals surface area contributed by atoms with Crippen molar-refractivity contribution in [1.29, 1.82) is 0 Å². The molecule has 13 heavy (non-hydrogen) atoms. The minimum atomic E-state index is -0.136. The molecule has 1 fully saturated rings. The highest BCUT2D eigenvalue weighted by molar-refractivity contribution is 5.76. The third-order valence-corrected chi connectivity index (χ3v) is 2.36. The van der Waals surface area contributed by atoms with Crippen molar-refractivity contribution < 1.29 is 4.79 Å². The van der Waals surface area contributed by atoms with Crippen LogP contribution in [0.1, 0.15) is 33.6 Å². The maximum absolute atomic E-state index is 10.8. The number of hydrogen-bond donors (Lipinski definition) is 1. The van der Waals surface area contributed by atoms with E-state index in [4.69, 9.17) is 5.73 Å². The first-order valence-corrected chi connectivity index (χ1v) is 5.25. The van der Waals surface area contributed by atoms with E-state index in [9.17, 15) is 4.79 Å². The fraction of sp³-hybridized carbons (Fsp3) is 0.900. The average Bonchev–Trinajstić information content (AvgIpc) is 2.21. The smallest absolute Gasteiger partial charge is 0.221 e. The molecule has 1 rings (SSSR count). The van der Waals surface area contributed by atoms with E-state index >= 15 is 0 Å². The van der Waals surface area contributed by atoms with Gasteiger partial charge in [-0.15, -0.1) is 0 Å². The third-order valence-electron chi connectivity index (χ3n) is 2.36. The minimum absolute atomic E-state index is 0.101. The van der Waals surface area contributed by atoms with Crippen molar-refractivity contribution in [3.8, 4) is 0 Å². The molecule has 3 heteroatoms. The van der Waals surface area contributed by atoms with Gasteiger partial charge < -0.3 is 10.6 Å². The summed E-state index contributed by atoms with van der Waals surface area (Å²) in [5.41, 5.74) is 5.22. The van der Waals surface area contributed by atoms with Crippen LogP contribution in [-0.2, 0) is 4.79 Å². The first kappa shape index (κ1) is 12.4. The molecule has 1 aliphatic rings. The lowest BCUT2D eigenvalue weighted by Crippen LogP contribution is -2.40. The van der Waals surface area contributed by atoms with Crippen molar-refractivity contribution in [2.24, 2.45) is 11.7 Å². The quantitative estimate of drug-likeness (QED) is 0.705. The van der Waals surface area contributed by atoms with Crippen LogP contribution in [0, 0.1) is 5.92 Å². The van der Waals surface area contributed by atoms with Crippen molar-refractivity contribution in [3.05, 3.63) is 0 Å². The highest BCUT2D eigenvalue weighted by Crippen LogP contribution is 2.14. The molecular weight excluding hydrogens is 164 g/mol. The molecule has 0 bridgehead atoms. The van der Waals surface area contributed by atoms with E-state index in [0.717, 1.165) is 32.5 Å².